The van der Waals surface area contributed by atoms with Crippen molar-refractivity contribution in [3.63, 3.8) is 0 Å². The van der Waals surface area contributed by atoms with Crippen LogP contribution in [0.5, 0.6) is 0 Å². The maximum Gasteiger partial charge on any atom is 0.270 e. The first-order valence-corrected chi connectivity index (χ1v) is 7.49. The van der Waals surface area contributed by atoms with E-state index in [9.17, 15) is 4.79 Å². The molecule has 0 fully saturated rings. The fraction of sp³-hybridized carbons (Fsp3) is 0.133. The van der Waals surface area contributed by atoms with Crippen LogP contribution in [-0.4, -0.2) is 18.0 Å². The van der Waals surface area contributed by atoms with Crippen LogP contribution in [0.4, 0.5) is 0 Å². The van der Waals surface area contributed by atoms with Crippen LogP contribution in [0.2, 0.25) is 0 Å². The summed E-state index contributed by atoms with van der Waals surface area (Å²) >= 11 is 15.0. The molecule has 112 valence electrons. The number of amides is 1. The monoisotopic (exact) mass is 388 g/mol. The molecular formula is C15H15BrCl2N2O. The molecule has 1 aromatic carbocycles. The van der Waals surface area contributed by atoms with Gasteiger partial charge >= 0.3 is 0 Å². The molecule has 1 rings (SSSR count). The van der Waals surface area contributed by atoms with E-state index in [0.29, 0.717) is 11.3 Å². The Bertz CT molecular complexity index is 626. The molecule has 6 heteroatoms. The van der Waals surface area contributed by atoms with Gasteiger partial charge in [0.2, 0.25) is 0 Å². The van der Waals surface area contributed by atoms with E-state index in [1.807, 2.05) is 13.0 Å². The molecule has 1 amide bonds. The number of likely N-dealkylation sites (N-methyl/N-ethyl adjacent to an activating group) is 1. The van der Waals surface area contributed by atoms with E-state index in [1.54, 1.807) is 19.2 Å². The topological polar surface area (TPSA) is 32.3 Å². The van der Waals surface area contributed by atoms with E-state index in [2.05, 4.69) is 34.5 Å². The number of hydrogen-bond acceptors (Lipinski definition) is 2. The largest absolute Gasteiger partial charge is 0.287 e. The molecule has 3 nitrogen and oxygen atoms in total. The van der Waals surface area contributed by atoms with Gasteiger partial charge in [-0.25, -0.2) is 0 Å². The van der Waals surface area contributed by atoms with E-state index in [1.165, 1.54) is 11.1 Å². The second-order valence-corrected chi connectivity index (χ2v) is 6.20. The lowest BCUT2D eigenvalue weighted by molar-refractivity contribution is 0.0865. The van der Waals surface area contributed by atoms with Crippen molar-refractivity contribution >= 4 is 45.0 Å². The van der Waals surface area contributed by atoms with E-state index < -0.39 is 0 Å². The Kier molecular flexibility index (Phi) is 6.52. The van der Waals surface area contributed by atoms with Crippen LogP contribution in [-0.2, 0) is 0 Å². The lowest BCUT2D eigenvalue weighted by Gasteiger charge is -2.23. The first-order chi connectivity index (χ1) is 9.72. The molecule has 0 radical (unpaired) electrons. The fourth-order valence-corrected chi connectivity index (χ4v) is 2.42. The molecule has 0 spiro atoms. The summed E-state index contributed by atoms with van der Waals surface area (Å²) in [6.07, 6.45) is 1.52. The summed E-state index contributed by atoms with van der Waals surface area (Å²) in [5.74, 6) is -0.258. The van der Waals surface area contributed by atoms with E-state index >= 15 is 0 Å². The Balaban J connectivity index is 2.96. The zero-order valence-corrected chi connectivity index (χ0v) is 14.8. The molecule has 0 unspecified atom stereocenters. The highest BCUT2D eigenvalue weighted by molar-refractivity contribution is 9.10. The van der Waals surface area contributed by atoms with Crippen molar-refractivity contribution < 1.29 is 4.79 Å². The number of carbonyl (C=O) groups is 1. The van der Waals surface area contributed by atoms with Crippen molar-refractivity contribution in [1.29, 1.82) is 0 Å². The SMILES string of the molecule is C=C(Cl)/C=C(\C(=C)Cl)N(C)NC(=O)c1ccc(Br)cc1C. The van der Waals surface area contributed by atoms with E-state index in [-0.39, 0.29) is 16.0 Å². The molecule has 0 saturated heterocycles. The third kappa shape index (κ3) is 5.23. The molecule has 1 aromatic rings. The van der Waals surface area contributed by atoms with Gasteiger partial charge in [-0.15, -0.1) is 0 Å². The van der Waals surface area contributed by atoms with Crippen molar-refractivity contribution in [2.45, 2.75) is 6.92 Å². The summed E-state index contributed by atoms with van der Waals surface area (Å²) in [6.45, 7) is 9.06. The molecule has 21 heavy (non-hydrogen) atoms. The van der Waals surface area contributed by atoms with E-state index in [0.717, 1.165) is 10.0 Å². The van der Waals surface area contributed by atoms with E-state index in [4.69, 9.17) is 23.2 Å². The third-order valence-electron chi connectivity index (χ3n) is 2.63. The van der Waals surface area contributed by atoms with Gasteiger partial charge in [0.05, 0.1) is 10.7 Å². The number of hydrazine groups is 1. The van der Waals surface area contributed by atoms with Gasteiger partial charge in [-0.2, -0.15) is 0 Å². The molecule has 0 aliphatic rings. The van der Waals surface area contributed by atoms with Crippen molar-refractivity contribution in [2.75, 3.05) is 7.05 Å². The number of carbonyl (C=O) groups excluding carboxylic acids is 1. The Morgan fingerprint density at radius 2 is 2.00 bits per heavy atom. The van der Waals surface area contributed by atoms with Gasteiger partial charge in [0.15, 0.2) is 0 Å². The summed E-state index contributed by atoms with van der Waals surface area (Å²) < 4.78 is 0.915. The molecule has 1 N–H and O–H groups in total. The number of nitrogens with zero attached hydrogens (tertiary/aromatic N) is 1. The van der Waals surface area contributed by atoms with Crippen LogP contribution in [0.1, 0.15) is 15.9 Å². The predicted octanol–water partition coefficient (Wildman–Crippen LogP) is 4.72. The summed E-state index contributed by atoms with van der Waals surface area (Å²) in [6, 6.07) is 5.41. The van der Waals surface area contributed by atoms with Crippen molar-refractivity contribution in [2.24, 2.45) is 0 Å². The molecule has 0 saturated carbocycles. The maximum absolute atomic E-state index is 12.3. The standard InChI is InChI=1S/C15H15BrCl2N2O/c1-9-7-12(16)5-6-13(9)15(21)19-20(4)14(11(3)18)8-10(2)17/h5-8H,2-3H2,1,4H3,(H,19,21)/b14-8+. The fourth-order valence-electron chi connectivity index (χ4n) is 1.66. The molecule has 0 bridgehead atoms. The van der Waals surface area contributed by atoms with Crippen LogP contribution in [0, 0.1) is 6.92 Å². The lowest BCUT2D eigenvalue weighted by Crippen LogP contribution is -2.39. The van der Waals surface area contributed by atoms with Crippen molar-refractivity contribution in [1.82, 2.24) is 10.4 Å². The highest BCUT2D eigenvalue weighted by Gasteiger charge is 2.14. The number of allylic oxidation sites excluding steroid dienone is 3. The van der Waals surface area contributed by atoms with Crippen molar-refractivity contribution in [3.8, 4) is 0 Å². The van der Waals surface area contributed by atoms with Gasteiger partial charge < -0.3 is 0 Å². The quantitative estimate of drug-likeness (QED) is 0.583. The minimum Gasteiger partial charge on any atom is -0.287 e. The summed E-state index contributed by atoms with van der Waals surface area (Å²) in [5, 5.41) is 1.98. The van der Waals surface area contributed by atoms with Gasteiger partial charge in [-0.1, -0.05) is 52.3 Å². The number of aryl methyl sites for hydroxylation is 1. The number of nitrogens with one attached hydrogen (secondary N) is 1. The van der Waals surface area contributed by atoms with Crippen molar-refractivity contribution in [3.05, 3.63) is 68.8 Å². The summed E-state index contributed by atoms with van der Waals surface area (Å²) in [4.78, 5) is 12.3. The Morgan fingerprint density at radius 1 is 1.38 bits per heavy atom. The van der Waals surface area contributed by atoms with Crippen LogP contribution < -0.4 is 5.43 Å². The van der Waals surface area contributed by atoms with Gasteiger partial charge in [0, 0.05) is 22.1 Å². The Hall–Kier alpha value is -1.23. The molecular weight excluding hydrogens is 375 g/mol. The zero-order chi connectivity index (χ0) is 16.2. The Morgan fingerprint density at radius 3 is 2.48 bits per heavy atom. The van der Waals surface area contributed by atoms with Crippen LogP contribution in [0.25, 0.3) is 0 Å². The number of benzene rings is 1. The average molecular weight is 390 g/mol. The molecule has 0 heterocycles. The van der Waals surface area contributed by atoms with Crippen LogP contribution in [0.15, 0.2) is 57.7 Å². The van der Waals surface area contributed by atoms with Gasteiger partial charge in [0.1, 0.15) is 0 Å². The molecule has 0 aliphatic heterocycles. The second-order valence-electron chi connectivity index (χ2n) is 4.34. The first-order valence-electron chi connectivity index (χ1n) is 5.94. The smallest absolute Gasteiger partial charge is 0.270 e. The minimum atomic E-state index is -0.258. The highest BCUT2D eigenvalue weighted by atomic mass is 79.9. The average Bonchev–Trinajstić information content (AvgIpc) is 2.34. The molecule has 0 aliphatic carbocycles. The second kappa shape index (κ2) is 7.69. The van der Waals surface area contributed by atoms with Crippen LogP contribution >= 0.6 is 39.1 Å². The maximum atomic E-state index is 12.3. The molecule has 0 atom stereocenters. The highest BCUT2D eigenvalue weighted by Crippen LogP contribution is 2.19. The number of hydrogen-bond donors (Lipinski definition) is 1. The number of halogens is 3. The van der Waals surface area contributed by atoms with Gasteiger partial charge in [-0.05, 0) is 36.8 Å². The van der Waals surface area contributed by atoms with Crippen LogP contribution in [0.3, 0.4) is 0 Å². The summed E-state index contributed by atoms with van der Waals surface area (Å²) in [5.41, 5.74) is 4.59. The number of rotatable bonds is 5. The first kappa shape index (κ1) is 17.8. The third-order valence-corrected chi connectivity index (χ3v) is 3.43. The zero-order valence-electron chi connectivity index (χ0n) is 11.7. The normalized spacial score (nSPS) is 11.0. The Labute approximate surface area is 143 Å². The predicted molar refractivity (Wildman–Crippen MR) is 92.2 cm³/mol. The van der Waals surface area contributed by atoms with Gasteiger partial charge in [-0.3, -0.25) is 15.2 Å². The van der Waals surface area contributed by atoms with Gasteiger partial charge in [0.25, 0.3) is 5.91 Å². The lowest BCUT2D eigenvalue weighted by atomic mass is 10.1. The minimum absolute atomic E-state index is 0.243. The summed E-state index contributed by atoms with van der Waals surface area (Å²) in [7, 11) is 1.64. The molecule has 0 aromatic heterocycles.